The van der Waals surface area contributed by atoms with E-state index in [2.05, 4.69) is 10.3 Å². The van der Waals surface area contributed by atoms with Crippen molar-refractivity contribution in [2.45, 2.75) is 13.3 Å². The summed E-state index contributed by atoms with van der Waals surface area (Å²) in [6.07, 6.45) is 0.322. The van der Waals surface area contributed by atoms with Crippen LogP contribution in [0.4, 0.5) is 0 Å². The second kappa shape index (κ2) is 5.14. The Morgan fingerprint density at radius 1 is 1.47 bits per heavy atom. The zero-order chi connectivity index (χ0) is 11.3. The van der Waals surface area contributed by atoms with Crippen LogP contribution in [0.3, 0.4) is 0 Å². The first-order valence-electron chi connectivity index (χ1n) is 4.70. The standard InChI is InChI=1S/C11H15N3O/c1-8-5-3-4-6-9(8)7-10(15)14-11(12)13-2/h3-6H,7H2,1-2H3,(H3,12,13,14,15). The van der Waals surface area contributed by atoms with Gasteiger partial charge in [-0.15, -0.1) is 0 Å². The zero-order valence-corrected chi connectivity index (χ0v) is 8.95. The molecule has 4 heteroatoms. The van der Waals surface area contributed by atoms with Crippen LogP contribution in [0.1, 0.15) is 11.1 Å². The first-order valence-corrected chi connectivity index (χ1v) is 4.70. The predicted octanol–water partition coefficient (Wildman–Crippen LogP) is 0.598. The van der Waals surface area contributed by atoms with Crippen LogP contribution in [0.25, 0.3) is 0 Å². The summed E-state index contributed by atoms with van der Waals surface area (Å²) in [4.78, 5) is 15.1. The Morgan fingerprint density at radius 2 is 2.13 bits per heavy atom. The van der Waals surface area contributed by atoms with Gasteiger partial charge in [-0.1, -0.05) is 24.3 Å². The molecule has 0 fully saturated rings. The lowest BCUT2D eigenvalue weighted by Gasteiger charge is -2.05. The minimum absolute atomic E-state index is 0.146. The van der Waals surface area contributed by atoms with Gasteiger partial charge in [0.05, 0.1) is 6.42 Å². The first-order chi connectivity index (χ1) is 7.13. The highest BCUT2D eigenvalue weighted by Crippen LogP contribution is 2.07. The average Bonchev–Trinajstić information content (AvgIpc) is 2.21. The number of nitrogens with zero attached hydrogens (tertiary/aromatic N) is 1. The molecular weight excluding hydrogens is 190 g/mol. The molecule has 0 aliphatic heterocycles. The lowest BCUT2D eigenvalue weighted by molar-refractivity contribution is -0.119. The molecule has 0 saturated heterocycles. The number of benzene rings is 1. The smallest absolute Gasteiger partial charge is 0.231 e. The third kappa shape index (κ3) is 3.42. The maximum atomic E-state index is 11.5. The summed E-state index contributed by atoms with van der Waals surface area (Å²) in [5, 5.41) is 2.49. The minimum atomic E-state index is -0.146. The summed E-state index contributed by atoms with van der Waals surface area (Å²) < 4.78 is 0. The summed E-state index contributed by atoms with van der Waals surface area (Å²) in [6, 6.07) is 7.75. The maximum absolute atomic E-state index is 11.5. The van der Waals surface area contributed by atoms with Gasteiger partial charge in [0.25, 0.3) is 0 Å². The Bertz CT molecular complexity index is 385. The fourth-order valence-corrected chi connectivity index (χ4v) is 1.22. The molecule has 4 nitrogen and oxygen atoms in total. The molecule has 1 aromatic carbocycles. The first kappa shape index (κ1) is 11.2. The number of aliphatic imine (C=N–C) groups is 1. The number of aryl methyl sites for hydroxylation is 1. The van der Waals surface area contributed by atoms with Gasteiger partial charge in [0.2, 0.25) is 5.91 Å². The Kier molecular flexibility index (Phi) is 3.85. The predicted molar refractivity (Wildman–Crippen MR) is 60.6 cm³/mol. The molecule has 0 aromatic heterocycles. The van der Waals surface area contributed by atoms with Gasteiger partial charge in [0.1, 0.15) is 0 Å². The van der Waals surface area contributed by atoms with Crippen LogP contribution in [0.15, 0.2) is 29.3 Å². The fourth-order valence-electron chi connectivity index (χ4n) is 1.22. The molecular formula is C11H15N3O. The second-order valence-electron chi connectivity index (χ2n) is 3.26. The largest absolute Gasteiger partial charge is 0.370 e. The van der Waals surface area contributed by atoms with Crippen LogP contribution in [-0.4, -0.2) is 18.9 Å². The van der Waals surface area contributed by atoms with Crippen molar-refractivity contribution < 1.29 is 4.79 Å². The molecule has 0 heterocycles. The van der Waals surface area contributed by atoms with E-state index in [0.29, 0.717) is 6.42 Å². The number of carbonyl (C=O) groups excluding carboxylic acids is 1. The Morgan fingerprint density at radius 3 is 2.73 bits per heavy atom. The van der Waals surface area contributed by atoms with E-state index in [0.717, 1.165) is 11.1 Å². The number of hydrogen-bond acceptors (Lipinski definition) is 2. The van der Waals surface area contributed by atoms with Crippen LogP contribution >= 0.6 is 0 Å². The van der Waals surface area contributed by atoms with Crippen molar-refractivity contribution in [3.63, 3.8) is 0 Å². The number of carbonyl (C=O) groups is 1. The third-order valence-electron chi connectivity index (χ3n) is 2.12. The minimum Gasteiger partial charge on any atom is -0.370 e. The molecule has 1 aromatic rings. The summed E-state index contributed by atoms with van der Waals surface area (Å²) >= 11 is 0. The number of rotatable bonds is 2. The molecule has 1 rings (SSSR count). The molecule has 0 bridgehead atoms. The van der Waals surface area contributed by atoms with Crippen LogP contribution in [0, 0.1) is 6.92 Å². The Balaban J connectivity index is 2.63. The van der Waals surface area contributed by atoms with Gasteiger partial charge in [-0.3, -0.25) is 15.1 Å². The van der Waals surface area contributed by atoms with Gasteiger partial charge >= 0.3 is 0 Å². The highest BCUT2D eigenvalue weighted by Gasteiger charge is 2.05. The van der Waals surface area contributed by atoms with E-state index < -0.39 is 0 Å². The molecule has 0 radical (unpaired) electrons. The lowest BCUT2D eigenvalue weighted by atomic mass is 10.1. The van der Waals surface area contributed by atoms with Crippen molar-refractivity contribution in [2.75, 3.05) is 7.05 Å². The van der Waals surface area contributed by atoms with E-state index in [9.17, 15) is 4.79 Å². The normalized spacial score (nSPS) is 11.2. The van der Waals surface area contributed by atoms with Crippen LogP contribution < -0.4 is 11.1 Å². The molecule has 0 unspecified atom stereocenters. The van der Waals surface area contributed by atoms with Crippen LogP contribution in [0.2, 0.25) is 0 Å². The van der Waals surface area contributed by atoms with Gasteiger partial charge in [0.15, 0.2) is 5.96 Å². The molecule has 0 saturated carbocycles. The summed E-state index contributed by atoms with van der Waals surface area (Å²) in [5.41, 5.74) is 7.48. The second-order valence-corrected chi connectivity index (χ2v) is 3.26. The average molecular weight is 205 g/mol. The summed E-state index contributed by atoms with van der Waals surface area (Å²) in [7, 11) is 1.53. The van der Waals surface area contributed by atoms with E-state index in [1.54, 1.807) is 0 Å². The Hall–Kier alpha value is -1.84. The van der Waals surface area contributed by atoms with Crippen molar-refractivity contribution in [3.8, 4) is 0 Å². The van der Waals surface area contributed by atoms with Crippen molar-refractivity contribution in [1.82, 2.24) is 5.32 Å². The van der Waals surface area contributed by atoms with Crippen LogP contribution in [-0.2, 0) is 11.2 Å². The quantitative estimate of drug-likeness (QED) is 0.548. The highest BCUT2D eigenvalue weighted by molar-refractivity contribution is 5.96. The monoisotopic (exact) mass is 205 g/mol. The molecule has 1 amide bonds. The summed E-state index contributed by atoms with van der Waals surface area (Å²) in [6.45, 7) is 1.97. The van der Waals surface area contributed by atoms with Crippen molar-refractivity contribution >= 4 is 11.9 Å². The van der Waals surface area contributed by atoms with Crippen molar-refractivity contribution in [2.24, 2.45) is 10.7 Å². The molecule has 0 aliphatic rings. The van der Waals surface area contributed by atoms with E-state index >= 15 is 0 Å². The number of nitrogens with one attached hydrogen (secondary N) is 1. The number of hydrogen-bond donors (Lipinski definition) is 2. The number of amides is 1. The Labute approximate surface area is 89.2 Å². The molecule has 15 heavy (non-hydrogen) atoms. The number of guanidine groups is 1. The topological polar surface area (TPSA) is 67.5 Å². The molecule has 80 valence electrons. The SMILES string of the molecule is CN=C(N)NC(=O)Cc1ccccc1C. The molecule has 0 spiro atoms. The fraction of sp³-hybridized carbons (Fsp3) is 0.273. The van der Waals surface area contributed by atoms with Gasteiger partial charge in [0, 0.05) is 7.05 Å². The summed E-state index contributed by atoms with van der Waals surface area (Å²) in [5.74, 6) is 0.000911. The maximum Gasteiger partial charge on any atom is 0.231 e. The van der Waals surface area contributed by atoms with Gasteiger partial charge in [-0.2, -0.15) is 0 Å². The third-order valence-corrected chi connectivity index (χ3v) is 2.12. The van der Waals surface area contributed by atoms with E-state index in [-0.39, 0.29) is 11.9 Å². The van der Waals surface area contributed by atoms with E-state index in [4.69, 9.17) is 5.73 Å². The number of nitrogens with two attached hydrogens (primary N) is 1. The van der Waals surface area contributed by atoms with Gasteiger partial charge in [-0.25, -0.2) is 0 Å². The van der Waals surface area contributed by atoms with E-state index in [1.165, 1.54) is 7.05 Å². The molecule has 0 aliphatic carbocycles. The highest BCUT2D eigenvalue weighted by atomic mass is 16.1. The zero-order valence-electron chi connectivity index (χ0n) is 8.95. The van der Waals surface area contributed by atoms with Crippen molar-refractivity contribution in [1.29, 1.82) is 0 Å². The van der Waals surface area contributed by atoms with Gasteiger partial charge < -0.3 is 5.73 Å². The van der Waals surface area contributed by atoms with Gasteiger partial charge in [-0.05, 0) is 18.1 Å². The lowest BCUT2D eigenvalue weighted by Crippen LogP contribution is -2.37. The van der Waals surface area contributed by atoms with E-state index in [1.807, 2.05) is 31.2 Å². The molecule has 3 N–H and O–H groups in total. The molecule has 0 atom stereocenters. The van der Waals surface area contributed by atoms with Crippen LogP contribution in [0.5, 0.6) is 0 Å². The van der Waals surface area contributed by atoms with Crippen molar-refractivity contribution in [3.05, 3.63) is 35.4 Å².